The third kappa shape index (κ3) is 5.71. The third-order valence-electron chi connectivity index (χ3n) is 4.27. The molecule has 0 aromatic rings. The van der Waals surface area contributed by atoms with E-state index in [1.807, 2.05) is 0 Å². The summed E-state index contributed by atoms with van der Waals surface area (Å²) < 4.78 is 0. The molecule has 1 aliphatic carbocycles. The van der Waals surface area contributed by atoms with Gasteiger partial charge < -0.3 is 10.2 Å². The largest absolute Gasteiger partial charge is 0.313 e. The average Bonchev–Trinajstić information content (AvgIpc) is 2.25. The highest BCUT2D eigenvalue weighted by Gasteiger charge is 2.26. The highest BCUT2D eigenvalue weighted by atomic mass is 15.1. The Bertz CT molecular complexity index is 233. The fourth-order valence-corrected chi connectivity index (χ4v) is 3.35. The van der Waals surface area contributed by atoms with Gasteiger partial charge in [0.1, 0.15) is 0 Å². The van der Waals surface area contributed by atoms with Crippen LogP contribution in [-0.2, 0) is 0 Å². The summed E-state index contributed by atoms with van der Waals surface area (Å²) in [4.78, 5) is 2.29. The van der Waals surface area contributed by atoms with E-state index in [2.05, 4.69) is 52.0 Å². The van der Waals surface area contributed by atoms with Crippen LogP contribution in [0.15, 0.2) is 0 Å². The third-order valence-corrected chi connectivity index (χ3v) is 4.27. The van der Waals surface area contributed by atoms with Crippen LogP contribution < -0.4 is 5.32 Å². The number of hydrogen-bond donors (Lipinski definition) is 1. The highest BCUT2D eigenvalue weighted by molar-refractivity contribution is 4.82. The Labute approximate surface area is 115 Å². The van der Waals surface area contributed by atoms with E-state index in [0.29, 0.717) is 5.41 Å². The number of nitrogens with one attached hydrogen (secondary N) is 1. The normalized spacial score (nSPS) is 26.0. The molecule has 2 heteroatoms. The molecule has 0 bridgehead atoms. The van der Waals surface area contributed by atoms with Gasteiger partial charge in [0, 0.05) is 19.1 Å². The minimum Gasteiger partial charge on any atom is -0.313 e. The van der Waals surface area contributed by atoms with Crippen molar-refractivity contribution in [2.24, 2.45) is 17.3 Å². The van der Waals surface area contributed by atoms with Crippen LogP contribution in [0.5, 0.6) is 0 Å². The van der Waals surface area contributed by atoms with Crippen molar-refractivity contribution in [3.05, 3.63) is 0 Å². The van der Waals surface area contributed by atoms with Crippen molar-refractivity contribution in [3.63, 3.8) is 0 Å². The Balaban J connectivity index is 2.34. The second-order valence-corrected chi connectivity index (χ2v) is 7.65. The molecule has 1 saturated carbocycles. The van der Waals surface area contributed by atoms with E-state index >= 15 is 0 Å². The molecule has 0 radical (unpaired) electrons. The molecular formula is C16H34N2. The van der Waals surface area contributed by atoms with Crippen LogP contribution >= 0.6 is 0 Å². The zero-order valence-electron chi connectivity index (χ0n) is 13.4. The van der Waals surface area contributed by atoms with Gasteiger partial charge in [0.05, 0.1) is 0 Å². The Morgan fingerprint density at radius 3 is 2.44 bits per heavy atom. The molecule has 0 saturated heterocycles. The molecule has 2 atom stereocenters. The van der Waals surface area contributed by atoms with E-state index in [0.717, 1.165) is 31.0 Å². The van der Waals surface area contributed by atoms with Crippen LogP contribution in [0.4, 0.5) is 0 Å². The summed E-state index contributed by atoms with van der Waals surface area (Å²) in [5, 5.41) is 3.83. The van der Waals surface area contributed by atoms with Crippen LogP contribution in [0, 0.1) is 17.3 Å². The molecule has 0 aromatic heterocycles. The first-order valence-electron chi connectivity index (χ1n) is 7.68. The fourth-order valence-electron chi connectivity index (χ4n) is 3.35. The average molecular weight is 254 g/mol. The maximum Gasteiger partial charge on any atom is 0.00700 e. The summed E-state index contributed by atoms with van der Waals surface area (Å²) in [6, 6.07) is 0.757. The van der Waals surface area contributed by atoms with Crippen LogP contribution in [-0.4, -0.2) is 38.1 Å². The molecule has 2 nitrogen and oxygen atoms in total. The Morgan fingerprint density at radius 2 is 1.89 bits per heavy atom. The minimum absolute atomic E-state index is 0.369. The molecule has 0 heterocycles. The lowest BCUT2D eigenvalue weighted by atomic mass is 9.79. The predicted molar refractivity (Wildman–Crippen MR) is 80.9 cm³/mol. The lowest BCUT2D eigenvalue weighted by molar-refractivity contribution is 0.191. The molecule has 1 rings (SSSR count). The van der Waals surface area contributed by atoms with Crippen molar-refractivity contribution < 1.29 is 0 Å². The van der Waals surface area contributed by atoms with Gasteiger partial charge in [-0.2, -0.15) is 0 Å². The lowest BCUT2D eigenvalue weighted by Crippen LogP contribution is -2.43. The molecule has 18 heavy (non-hydrogen) atoms. The summed E-state index contributed by atoms with van der Waals surface area (Å²) in [5.74, 6) is 1.79. The predicted octanol–water partition coefficient (Wildman–Crippen LogP) is 3.38. The zero-order chi connectivity index (χ0) is 13.8. The van der Waals surface area contributed by atoms with Crippen molar-refractivity contribution in [2.45, 2.75) is 59.4 Å². The molecule has 1 N–H and O–H groups in total. The topological polar surface area (TPSA) is 15.3 Å². The lowest BCUT2D eigenvalue weighted by Gasteiger charge is -2.35. The minimum atomic E-state index is 0.369. The summed E-state index contributed by atoms with van der Waals surface area (Å²) in [6.07, 6.45) is 5.61. The summed E-state index contributed by atoms with van der Waals surface area (Å²) in [7, 11) is 4.33. The second kappa shape index (κ2) is 6.91. The van der Waals surface area contributed by atoms with Crippen LogP contribution in [0.3, 0.4) is 0 Å². The van der Waals surface area contributed by atoms with Gasteiger partial charge in [-0.3, -0.25) is 0 Å². The van der Waals surface area contributed by atoms with Gasteiger partial charge in [-0.05, 0) is 44.2 Å². The van der Waals surface area contributed by atoms with Crippen LogP contribution in [0.1, 0.15) is 53.4 Å². The Morgan fingerprint density at radius 1 is 1.22 bits per heavy atom. The first-order valence-corrected chi connectivity index (χ1v) is 7.68. The van der Waals surface area contributed by atoms with Gasteiger partial charge in [-0.25, -0.2) is 0 Å². The van der Waals surface area contributed by atoms with Gasteiger partial charge in [0.25, 0.3) is 0 Å². The summed E-state index contributed by atoms with van der Waals surface area (Å²) >= 11 is 0. The van der Waals surface area contributed by atoms with E-state index in [1.54, 1.807) is 0 Å². The molecular weight excluding hydrogens is 220 g/mol. The van der Waals surface area contributed by atoms with Gasteiger partial charge >= 0.3 is 0 Å². The van der Waals surface area contributed by atoms with E-state index in [-0.39, 0.29) is 0 Å². The smallest absolute Gasteiger partial charge is 0.00700 e. The van der Waals surface area contributed by atoms with Crippen molar-refractivity contribution >= 4 is 0 Å². The van der Waals surface area contributed by atoms with E-state index < -0.39 is 0 Å². The molecule has 0 amide bonds. The SMILES string of the molecule is CC(C)C1CCCC(NCC(C)(C)CN(C)C)C1. The Hall–Kier alpha value is -0.0800. The van der Waals surface area contributed by atoms with Gasteiger partial charge in [0.2, 0.25) is 0 Å². The van der Waals surface area contributed by atoms with Crippen molar-refractivity contribution in [3.8, 4) is 0 Å². The van der Waals surface area contributed by atoms with Crippen molar-refractivity contribution in [2.75, 3.05) is 27.2 Å². The maximum atomic E-state index is 3.83. The first kappa shape index (κ1) is 16.0. The summed E-state index contributed by atoms with van der Waals surface area (Å²) in [6.45, 7) is 11.8. The van der Waals surface area contributed by atoms with Crippen LogP contribution in [0.25, 0.3) is 0 Å². The Kier molecular flexibility index (Phi) is 6.13. The monoisotopic (exact) mass is 254 g/mol. The molecule has 1 aliphatic rings. The van der Waals surface area contributed by atoms with E-state index in [9.17, 15) is 0 Å². The van der Waals surface area contributed by atoms with Crippen LogP contribution in [0.2, 0.25) is 0 Å². The van der Waals surface area contributed by atoms with E-state index in [1.165, 1.54) is 25.7 Å². The van der Waals surface area contributed by atoms with E-state index in [4.69, 9.17) is 0 Å². The molecule has 0 aromatic carbocycles. The standard InChI is InChI=1S/C16H34N2/c1-13(2)14-8-7-9-15(10-14)17-11-16(3,4)12-18(5)6/h13-15,17H,7-12H2,1-6H3. The maximum absolute atomic E-state index is 3.83. The van der Waals surface area contributed by atoms with Gasteiger partial charge in [-0.1, -0.05) is 40.5 Å². The summed E-state index contributed by atoms with van der Waals surface area (Å²) in [5.41, 5.74) is 0.369. The van der Waals surface area contributed by atoms with Gasteiger partial charge in [0.15, 0.2) is 0 Å². The molecule has 108 valence electrons. The van der Waals surface area contributed by atoms with Crippen molar-refractivity contribution in [1.82, 2.24) is 10.2 Å². The van der Waals surface area contributed by atoms with Gasteiger partial charge in [-0.15, -0.1) is 0 Å². The molecule has 1 fully saturated rings. The molecule has 2 unspecified atom stereocenters. The molecule has 0 aliphatic heterocycles. The number of nitrogens with zero attached hydrogens (tertiary/aromatic N) is 1. The number of rotatable bonds is 6. The highest BCUT2D eigenvalue weighted by Crippen LogP contribution is 2.30. The fraction of sp³-hybridized carbons (Fsp3) is 1.00. The number of hydrogen-bond acceptors (Lipinski definition) is 2. The molecule has 0 spiro atoms. The van der Waals surface area contributed by atoms with Crippen molar-refractivity contribution in [1.29, 1.82) is 0 Å². The second-order valence-electron chi connectivity index (χ2n) is 7.65. The first-order chi connectivity index (χ1) is 8.30. The quantitative estimate of drug-likeness (QED) is 0.782. The zero-order valence-corrected chi connectivity index (χ0v) is 13.4.